The van der Waals surface area contributed by atoms with E-state index in [-0.39, 0.29) is 13.0 Å². The lowest BCUT2D eigenvalue weighted by Crippen LogP contribution is -2.45. The molecule has 0 spiro atoms. The summed E-state index contributed by atoms with van der Waals surface area (Å²) in [4.78, 5) is 23.3. The van der Waals surface area contributed by atoms with Gasteiger partial charge >= 0.3 is 5.97 Å². The van der Waals surface area contributed by atoms with E-state index in [1.807, 2.05) is 0 Å². The van der Waals surface area contributed by atoms with Crippen molar-refractivity contribution in [3.63, 3.8) is 0 Å². The van der Waals surface area contributed by atoms with Crippen LogP contribution < -0.4 is 5.32 Å². The number of hydrogen-bond donors (Lipinski definition) is 2. The molecule has 0 radical (unpaired) electrons. The fourth-order valence-corrected chi connectivity index (χ4v) is 2.66. The van der Waals surface area contributed by atoms with Gasteiger partial charge in [-0.3, -0.25) is 9.59 Å². The minimum Gasteiger partial charge on any atom is -0.481 e. The van der Waals surface area contributed by atoms with Crippen molar-refractivity contribution in [3.05, 3.63) is 0 Å². The molecule has 0 atom stereocenters. The van der Waals surface area contributed by atoms with Crippen LogP contribution in [0.2, 0.25) is 0 Å². The zero-order valence-corrected chi connectivity index (χ0v) is 13.0. The molecular formula is C13H23NO5S. The monoisotopic (exact) mass is 305 g/mol. The molecule has 0 unspecified atom stereocenters. The topological polar surface area (TPSA) is 101 Å². The highest BCUT2D eigenvalue weighted by Crippen LogP contribution is 2.41. The van der Waals surface area contributed by atoms with Crippen LogP contribution in [0.15, 0.2) is 0 Å². The molecule has 0 aromatic heterocycles. The summed E-state index contributed by atoms with van der Waals surface area (Å²) in [6, 6.07) is 0. The second-order valence-corrected chi connectivity index (χ2v) is 8.93. The largest absolute Gasteiger partial charge is 0.481 e. The van der Waals surface area contributed by atoms with Crippen LogP contribution in [0.4, 0.5) is 0 Å². The summed E-state index contributed by atoms with van der Waals surface area (Å²) in [5.41, 5.74) is -0.973. The number of nitrogens with one attached hydrogen (secondary N) is 1. The van der Waals surface area contributed by atoms with Crippen LogP contribution in [0.1, 0.15) is 46.0 Å². The summed E-state index contributed by atoms with van der Waals surface area (Å²) in [7, 11) is -3.29. The summed E-state index contributed by atoms with van der Waals surface area (Å²) < 4.78 is 22.0. The van der Waals surface area contributed by atoms with Gasteiger partial charge < -0.3 is 10.4 Å². The standard InChI is InChI=1S/C13H23NO5S/c1-12(2,20(3,18)19)9-14-10(15)8-13(11(16)17)6-4-5-7-13/h4-9H2,1-3H3,(H,14,15)(H,16,17). The first-order valence-electron chi connectivity index (χ1n) is 6.70. The molecule has 2 N–H and O–H groups in total. The summed E-state index contributed by atoms with van der Waals surface area (Å²) in [6.07, 6.45) is 3.68. The Morgan fingerprint density at radius 1 is 1.25 bits per heavy atom. The second-order valence-electron chi connectivity index (χ2n) is 6.28. The van der Waals surface area contributed by atoms with E-state index in [0.717, 1.165) is 19.1 Å². The minimum absolute atomic E-state index is 0.0135. The Bertz CT molecular complexity index is 489. The van der Waals surface area contributed by atoms with Crippen LogP contribution in [0.5, 0.6) is 0 Å². The van der Waals surface area contributed by atoms with Crippen molar-refractivity contribution in [1.29, 1.82) is 0 Å². The molecule has 1 aliphatic rings. The highest BCUT2D eigenvalue weighted by atomic mass is 32.2. The van der Waals surface area contributed by atoms with Gasteiger partial charge in [0, 0.05) is 19.2 Å². The lowest BCUT2D eigenvalue weighted by Gasteiger charge is -2.26. The zero-order chi connectivity index (χ0) is 15.6. The van der Waals surface area contributed by atoms with Crippen LogP contribution in [0.3, 0.4) is 0 Å². The maximum absolute atomic E-state index is 11.9. The first-order chi connectivity index (χ1) is 9.00. The van der Waals surface area contributed by atoms with E-state index in [9.17, 15) is 23.1 Å². The second kappa shape index (κ2) is 5.71. The van der Waals surface area contributed by atoms with Gasteiger partial charge in [0.25, 0.3) is 0 Å². The van der Waals surface area contributed by atoms with E-state index in [4.69, 9.17) is 0 Å². The molecule has 1 fully saturated rings. The van der Waals surface area contributed by atoms with Crippen LogP contribution in [0, 0.1) is 5.41 Å². The van der Waals surface area contributed by atoms with Crippen molar-refractivity contribution < 1.29 is 23.1 Å². The van der Waals surface area contributed by atoms with Gasteiger partial charge in [0.05, 0.1) is 10.2 Å². The van der Waals surface area contributed by atoms with Gasteiger partial charge in [-0.25, -0.2) is 8.42 Å². The molecule has 1 amide bonds. The van der Waals surface area contributed by atoms with E-state index in [0.29, 0.717) is 12.8 Å². The van der Waals surface area contributed by atoms with Crippen LogP contribution in [0.25, 0.3) is 0 Å². The number of carboxylic acid groups (broad SMARTS) is 1. The lowest BCUT2D eigenvalue weighted by molar-refractivity contribution is -0.151. The molecule has 20 heavy (non-hydrogen) atoms. The number of rotatable bonds is 6. The molecule has 6 nitrogen and oxygen atoms in total. The van der Waals surface area contributed by atoms with E-state index >= 15 is 0 Å². The van der Waals surface area contributed by atoms with Crippen LogP contribution >= 0.6 is 0 Å². The normalized spacial score (nSPS) is 18.8. The van der Waals surface area contributed by atoms with Gasteiger partial charge in [0.2, 0.25) is 5.91 Å². The van der Waals surface area contributed by atoms with Gasteiger partial charge in [-0.2, -0.15) is 0 Å². The predicted octanol–water partition coefficient (Wildman–Crippen LogP) is 0.961. The number of carbonyl (C=O) groups is 2. The average molecular weight is 305 g/mol. The van der Waals surface area contributed by atoms with Crippen molar-refractivity contribution in [3.8, 4) is 0 Å². The maximum Gasteiger partial charge on any atom is 0.310 e. The Morgan fingerprint density at radius 2 is 1.75 bits per heavy atom. The number of carboxylic acids is 1. The fourth-order valence-electron chi connectivity index (χ4n) is 2.33. The van der Waals surface area contributed by atoms with Gasteiger partial charge in [-0.15, -0.1) is 0 Å². The number of amides is 1. The van der Waals surface area contributed by atoms with E-state index in [2.05, 4.69) is 5.32 Å². The molecule has 0 bridgehead atoms. The predicted molar refractivity (Wildman–Crippen MR) is 75.1 cm³/mol. The van der Waals surface area contributed by atoms with E-state index < -0.39 is 31.9 Å². The molecule has 0 saturated heterocycles. The quantitative estimate of drug-likeness (QED) is 0.761. The van der Waals surface area contributed by atoms with Crippen molar-refractivity contribution in [2.45, 2.75) is 50.7 Å². The van der Waals surface area contributed by atoms with Crippen molar-refractivity contribution in [1.82, 2.24) is 5.32 Å². The lowest BCUT2D eigenvalue weighted by atomic mass is 9.82. The van der Waals surface area contributed by atoms with Gasteiger partial charge in [0.1, 0.15) is 0 Å². The highest BCUT2D eigenvalue weighted by molar-refractivity contribution is 7.92. The van der Waals surface area contributed by atoms with Crippen LogP contribution in [-0.2, 0) is 19.4 Å². The molecule has 7 heteroatoms. The molecule has 0 aromatic carbocycles. The Morgan fingerprint density at radius 3 is 2.15 bits per heavy atom. The average Bonchev–Trinajstić information content (AvgIpc) is 2.75. The summed E-state index contributed by atoms with van der Waals surface area (Å²) in [5.74, 6) is -1.33. The molecule has 0 aliphatic heterocycles. The molecular weight excluding hydrogens is 282 g/mol. The van der Waals surface area contributed by atoms with Crippen molar-refractivity contribution in [2.75, 3.05) is 12.8 Å². The number of carbonyl (C=O) groups excluding carboxylic acids is 1. The Labute approximate surface area is 119 Å². The first kappa shape index (κ1) is 16.9. The first-order valence-corrected chi connectivity index (χ1v) is 8.59. The van der Waals surface area contributed by atoms with Crippen LogP contribution in [-0.4, -0.2) is 42.9 Å². The molecule has 1 rings (SSSR count). The SMILES string of the molecule is CC(C)(CNC(=O)CC1(C(=O)O)CCCC1)S(C)(=O)=O. The van der Waals surface area contributed by atoms with E-state index in [1.165, 1.54) is 13.8 Å². The summed E-state index contributed by atoms with van der Waals surface area (Å²) >= 11 is 0. The Balaban J connectivity index is 2.63. The number of hydrogen-bond acceptors (Lipinski definition) is 4. The summed E-state index contributed by atoms with van der Waals surface area (Å²) in [5, 5.41) is 11.8. The smallest absolute Gasteiger partial charge is 0.310 e. The molecule has 1 aliphatic carbocycles. The van der Waals surface area contributed by atoms with E-state index in [1.54, 1.807) is 0 Å². The number of aliphatic carboxylic acids is 1. The molecule has 116 valence electrons. The number of sulfone groups is 1. The Hall–Kier alpha value is -1.11. The summed E-state index contributed by atoms with van der Waals surface area (Å²) in [6.45, 7) is 3.05. The molecule has 0 heterocycles. The van der Waals surface area contributed by atoms with Gasteiger partial charge in [-0.05, 0) is 26.7 Å². The van der Waals surface area contributed by atoms with Gasteiger partial charge in [-0.1, -0.05) is 12.8 Å². The minimum atomic E-state index is -3.29. The van der Waals surface area contributed by atoms with Crippen molar-refractivity contribution >= 4 is 21.7 Å². The molecule has 0 aromatic rings. The van der Waals surface area contributed by atoms with Crippen molar-refractivity contribution in [2.24, 2.45) is 5.41 Å². The Kier molecular flexibility index (Phi) is 4.84. The maximum atomic E-state index is 11.9. The third-order valence-electron chi connectivity index (χ3n) is 4.23. The zero-order valence-electron chi connectivity index (χ0n) is 12.2. The third kappa shape index (κ3) is 3.71. The molecule has 1 saturated carbocycles. The van der Waals surface area contributed by atoms with Gasteiger partial charge in [0.15, 0.2) is 9.84 Å². The fraction of sp³-hybridized carbons (Fsp3) is 0.846. The third-order valence-corrected chi connectivity index (χ3v) is 6.38. The highest BCUT2D eigenvalue weighted by Gasteiger charge is 2.43.